The predicted octanol–water partition coefficient (Wildman–Crippen LogP) is 0.488. The van der Waals surface area contributed by atoms with Crippen molar-refractivity contribution in [3.05, 3.63) is 0 Å². The first-order chi connectivity index (χ1) is 6.63. The first-order valence-corrected chi connectivity index (χ1v) is 5.82. The molecule has 0 N–H and O–H groups in total. The lowest BCUT2D eigenvalue weighted by molar-refractivity contribution is 0.208. The molecule has 1 fully saturated rings. The van der Waals surface area contributed by atoms with E-state index in [4.69, 9.17) is 3.07 Å². The fraction of sp³-hybridized carbons (Fsp3) is 1.00. The summed E-state index contributed by atoms with van der Waals surface area (Å²) in [7, 11) is 6.52. The van der Waals surface area contributed by atoms with Crippen LogP contribution in [0.1, 0.15) is 0 Å². The highest BCUT2D eigenvalue weighted by Gasteiger charge is 2.25. The third-order valence-corrected chi connectivity index (χ3v) is 3.12. The van der Waals surface area contributed by atoms with E-state index in [0.717, 1.165) is 26.4 Å². The molecule has 1 atom stereocenters. The molecule has 0 amide bonds. The highest BCUT2D eigenvalue weighted by atomic mass is 127. The van der Waals surface area contributed by atoms with Crippen molar-refractivity contribution in [1.82, 2.24) is 14.7 Å². The summed E-state index contributed by atoms with van der Waals surface area (Å²) in [5, 5.41) is 0. The Kier molecular flexibility index (Phi) is 5.61. The minimum Gasteiger partial charge on any atom is -0.314 e. The van der Waals surface area contributed by atoms with Gasteiger partial charge in [0.1, 0.15) is 23.0 Å². The second kappa shape index (κ2) is 6.22. The first kappa shape index (κ1) is 12.6. The lowest BCUT2D eigenvalue weighted by Gasteiger charge is -2.24. The van der Waals surface area contributed by atoms with E-state index in [0.29, 0.717) is 6.04 Å². The Morgan fingerprint density at radius 3 is 2.71 bits per heavy atom. The first-order valence-electron chi connectivity index (χ1n) is 4.94. The topological polar surface area (TPSA) is 19.0 Å². The van der Waals surface area contributed by atoms with Crippen LogP contribution in [-0.2, 0) is 3.07 Å². The number of halogens is 1. The number of hydrogen-bond donors (Lipinski definition) is 0. The molecule has 84 valence electrons. The minimum absolute atomic E-state index is 0.666. The van der Waals surface area contributed by atoms with Crippen molar-refractivity contribution in [2.45, 2.75) is 6.04 Å². The molecular formula is C9H20IN3O. The minimum atomic E-state index is 0.666. The Balaban J connectivity index is 2.22. The number of rotatable bonds is 5. The number of likely N-dealkylation sites (N-methyl/N-ethyl adjacent to an activating group) is 3. The van der Waals surface area contributed by atoms with E-state index in [1.54, 1.807) is 0 Å². The van der Waals surface area contributed by atoms with Gasteiger partial charge in [0, 0.05) is 25.7 Å². The molecule has 14 heavy (non-hydrogen) atoms. The highest BCUT2D eigenvalue weighted by molar-refractivity contribution is 14.1. The molecule has 0 aromatic carbocycles. The van der Waals surface area contributed by atoms with E-state index < -0.39 is 0 Å². The summed E-state index contributed by atoms with van der Waals surface area (Å²) in [6, 6.07) is 0.666. The molecule has 4 nitrogen and oxygen atoms in total. The van der Waals surface area contributed by atoms with Crippen LogP contribution >= 0.6 is 23.0 Å². The van der Waals surface area contributed by atoms with Crippen LogP contribution in [0.3, 0.4) is 0 Å². The molecule has 1 aliphatic heterocycles. The van der Waals surface area contributed by atoms with E-state index in [-0.39, 0.29) is 0 Å². The summed E-state index contributed by atoms with van der Waals surface area (Å²) in [6.07, 6.45) is 0. The van der Waals surface area contributed by atoms with Gasteiger partial charge in [-0.2, -0.15) is 0 Å². The monoisotopic (exact) mass is 313 g/mol. The van der Waals surface area contributed by atoms with E-state index in [9.17, 15) is 0 Å². The Morgan fingerprint density at radius 2 is 2.21 bits per heavy atom. The van der Waals surface area contributed by atoms with Crippen LogP contribution in [0.25, 0.3) is 0 Å². The van der Waals surface area contributed by atoms with Gasteiger partial charge >= 0.3 is 0 Å². The van der Waals surface area contributed by atoms with E-state index in [1.807, 2.05) is 23.0 Å². The zero-order valence-electron chi connectivity index (χ0n) is 9.24. The largest absolute Gasteiger partial charge is 0.314 e. The molecule has 0 bridgehead atoms. The maximum Gasteiger partial charge on any atom is 0.109 e. The second-order valence-corrected chi connectivity index (χ2v) is 4.79. The SMILES string of the molecule is CN(CCOI)CC1CN(C)CN1C. The third kappa shape index (κ3) is 3.98. The van der Waals surface area contributed by atoms with Crippen LogP contribution < -0.4 is 0 Å². The molecule has 0 saturated carbocycles. The molecule has 0 radical (unpaired) electrons. The highest BCUT2D eigenvalue weighted by Crippen LogP contribution is 2.09. The Labute approximate surface area is 101 Å². The zero-order valence-corrected chi connectivity index (χ0v) is 11.4. The second-order valence-electron chi connectivity index (χ2n) is 4.17. The normalized spacial score (nSPS) is 25.1. The van der Waals surface area contributed by atoms with Crippen molar-refractivity contribution in [3.63, 3.8) is 0 Å². The van der Waals surface area contributed by atoms with E-state index in [2.05, 4.69) is 35.8 Å². The van der Waals surface area contributed by atoms with Crippen molar-refractivity contribution in [2.24, 2.45) is 0 Å². The molecule has 1 rings (SSSR count). The summed E-state index contributed by atoms with van der Waals surface area (Å²) < 4.78 is 5.03. The molecule has 0 spiro atoms. The van der Waals surface area contributed by atoms with Gasteiger partial charge in [0.2, 0.25) is 0 Å². The lowest BCUT2D eigenvalue weighted by atomic mass is 10.2. The quantitative estimate of drug-likeness (QED) is 0.688. The van der Waals surface area contributed by atoms with Gasteiger partial charge in [-0.05, 0) is 21.1 Å². The average Bonchev–Trinajstić information content (AvgIpc) is 2.42. The zero-order chi connectivity index (χ0) is 10.6. The molecule has 0 aromatic rings. The van der Waals surface area contributed by atoms with Gasteiger partial charge < -0.3 is 7.97 Å². The molecule has 1 saturated heterocycles. The van der Waals surface area contributed by atoms with Gasteiger partial charge in [-0.15, -0.1) is 0 Å². The molecule has 0 aliphatic carbocycles. The number of nitrogens with zero attached hydrogens (tertiary/aromatic N) is 3. The molecular weight excluding hydrogens is 293 g/mol. The van der Waals surface area contributed by atoms with Crippen LogP contribution in [0.15, 0.2) is 0 Å². The van der Waals surface area contributed by atoms with Crippen LogP contribution in [0.2, 0.25) is 0 Å². The summed E-state index contributed by atoms with van der Waals surface area (Å²) in [5.74, 6) is 0. The summed E-state index contributed by atoms with van der Waals surface area (Å²) in [6.45, 7) is 5.20. The molecule has 1 aliphatic rings. The molecule has 0 aromatic heterocycles. The van der Waals surface area contributed by atoms with Crippen molar-refractivity contribution in [3.8, 4) is 0 Å². The Hall–Kier alpha value is 0.570. The van der Waals surface area contributed by atoms with Crippen LogP contribution in [0.4, 0.5) is 0 Å². The van der Waals surface area contributed by atoms with Gasteiger partial charge in [-0.25, -0.2) is 0 Å². The maximum absolute atomic E-state index is 5.03. The van der Waals surface area contributed by atoms with Crippen LogP contribution in [0.5, 0.6) is 0 Å². The fourth-order valence-corrected chi connectivity index (χ4v) is 2.09. The standard InChI is InChI=1S/C9H20IN3O/c1-11(4-5-14-10)6-9-7-12(2)8-13(9)3/h9H,4-8H2,1-3H3. The molecule has 5 heteroatoms. The van der Waals surface area contributed by atoms with Gasteiger partial charge in [0.15, 0.2) is 0 Å². The number of hydrogen-bond acceptors (Lipinski definition) is 4. The van der Waals surface area contributed by atoms with Gasteiger partial charge in [0.25, 0.3) is 0 Å². The maximum atomic E-state index is 5.03. The van der Waals surface area contributed by atoms with Crippen molar-refractivity contribution < 1.29 is 3.07 Å². The van der Waals surface area contributed by atoms with Gasteiger partial charge in [-0.1, -0.05) is 0 Å². The van der Waals surface area contributed by atoms with Crippen molar-refractivity contribution in [1.29, 1.82) is 0 Å². The van der Waals surface area contributed by atoms with Crippen LogP contribution in [-0.4, -0.2) is 74.8 Å². The summed E-state index contributed by atoms with van der Waals surface area (Å²) in [5.41, 5.74) is 0. The lowest BCUT2D eigenvalue weighted by Crippen LogP contribution is -2.39. The van der Waals surface area contributed by atoms with Crippen molar-refractivity contribution in [2.75, 3.05) is 54.1 Å². The summed E-state index contributed by atoms with van der Waals surface area (Å²) >= 11 is 1.95. The molecule has 1 heterocycles. The summed E-state index contributed by atoms with van der Waals surface area (Å²) in [4.78, 5) is 7.09. The Morgan fingerprint density at radius 1 is 1.50 bits per heavy atom. The van der Waals surface area contributed by atoms with Gasteiger partial charge in [-0.3, -0.25) is 9.80 Å². The Bertz CT molecular complexity index is 170. The van der Waals surface area contributed by atoms with E-state index >= 15 is 0 Å². The van der Waals surface area contributed by atoms with E-state index in [1.165, 1.54) is 6.54 Å². The fourth-order valence-electron chi connectivity index (χ4n) is 1.89. The van der Waals surface area contributed by atoms with Gasteiger partial charge in [0.05, 0.1) is 13.3 Å². The van der Waals surface area contributed by atoms with Crippen LogP contribution in [0, 0.1) is 0 Å². The van der Waals surface area contributed by atoms with Crippen molar-refractivity contribution >= 4 is 23.0 Å². The predicted molar refractivity (Wildman–Crippen MR) is 66.5 cm³/mol. The smallest absolute Gasteiger partial charge is 0.109 e. The average molecular weight is 313 g/mol. The molecule has 1 unspecified atom stereocenters. The third-order valence-electron chi connectivity index (χ3n) is 2.68.